The summed E-state index contributed by atoms with van der Waals surface area (Å²) in [5, 5.41) is 0. The van der Waals surface area contributed by atoms with E-state index in [9.17, 15) is 0 Å². The van der Waals surface area contributed by atoms with Gasteiger partial charge in [-0.05, 0) is 61.7 Å². The molecule has 0 heterocycles. The van der Waals surface area contributed by atoms with Crippen LogP contribution in [0.5, 0.6) is 17.2 Å². The van der Waals surface area contributed by atoms with Gasteiger partial charge in [0, 0.05) is 6.54 Å². The van der Waals surface area contributed by atoms with E-state index in [1.54, 1.807) is 7.11 Å². The molecule has 0 aliphatic rings. The number of nitrogens with two attached hydrogens (primary N) is 1. The Bertz CT molecular complexity index is 588. The Morgan fingerprint density at radius 2 is 1.74 bits per heavy atom. The van der Waals surface area contributed by atoms with Crippen molar-refractivity contribution in [1.82, 2.24) is 0 Å². The molecule has 2 aromatic carbocycles. The smallest absolute Gasteiger partial charge is 0.143 e. The third-order valence-corrected chi connectivity index (χ3v) is 3.81. The van der Waals surface area contributed by atoms with Crippen molar-refractivity contribution in [3.05, 3.63) is 50.9 Å². The fourth-order valence-electron chi connectivity index (χ4n) is 1.61. The summed E-state index contributed by atoms with van der Waals surface area (Å²) in [6, 6.07) is 11.4. The molecule has 0 radical (unpaired) electrons. The van der Waals surface area contributed by atoms with Crippen LogP contribution in [0.15, 0.2) is 45.3 Å². The Hall–Kier alpha value is -1.04. The minimum atomic E-state index is 0.491. The molecule has 0 saturated heterocycles. The topological polar surface area (TPSA) is 44.5 Å². The monoisotopic (exact) mass is 385 g/mol. The summed E-state index contributed by atoms with van der Waals surface area (Å²) < 4.78 is 12.7. The molecule has 0 bridgehead atoms. The number of benzene rings is 2. The Morgan fingerprint density at radius 3 is 2.42 bits per heavy atom. The predicted octanol–water partition coefficient (Wildman–Crippen LogP) is 4.47. The van der Waals surface area contributed by atoms with Gasteiger partial charge in [-0.15, -0.1) is 0 Å². The van der Waals surface area contributed by atoms with Crippen LogP contribution in [-0.4, -0.2) is 7.11 Å². The van der Waals surface area contributed by atoms with Crippen molar-refractivity contribution in [2.75, 3.05) is 7.11 Å². The van der Waals surface area contributed by atoms with Gasteiger partial charge in [0.05, 0.1) is 16.1 Å². The van der Waals surface area contributed by atoms with Crippen LogP contribution in [0.3, 0.4) is 0 Å². The van der Waals surface area contributed by atoms with Gasteiger partial charge in [-0.25, -0.2) is 0 Å². The lowest BCUT2D eigenvalue weighted by atomic mass is 10.2. The third kappa shape index (κ3) is 3.49. The molecule has 2 aromatic rings. The maximum Gasteiger partial charge on any atom is 0.143 e. The second-order valence-electron chi connectivity index (χ2n) is 3.87. The van der Waals surface area contributed by atoms with Crippen LogP contribution in [0, 0.1) is 0 Å². The van der Waals surface area contributed by atoms with E-state index in [1.807, 2.05) is 36.4 Å². The molecule has 100 valence electrons. The van der Waals surface area contributed by atoms with Crippen LogP contribution in [-0.2, 0) is 6.54 Å². The average molecular weight is 387 g/mol. The summed E-state index contributed by atoms with van der Waals surface area (Å²) >= 11 is 6.90. The largest absolute Gasteiger partial charge is 0.496 e. The zero-order chi connectivity index (χ0) is 13.8. The summed E-state index contributed by atoms with van der Waals surface area (Å²) in [5.74, 6) is 2.21. The molecule has 5 heteroatoms. The lowest BCUT2D eigenvalue weighted by Crippen LogP contribution is -1.96. The highest BCUT2D eigenvalue weighted by Crippen LogP contribution is 2.38. The van der Waals surface area contributed by atoms with Crippen molar-refractivity contribution in [2.45, 2.75) is 6.54 Å². The number of hydrogen-bond donors (Lipinski definition) is 1. The Labute approximate surface area is 129 Å². The van der Waals surface area contributed by atoms with Gasteiger partial charge in [-0.1, -0.05) is 12.1 Å². The second-order valence-corrected chi connectivity index (χ2v) is 5.58. The summed E-state index contributed by atoms with van der Waals surface area (Å²) in [7, 11) is 1.62. The molecule has 19 heavy (non-hydrogen) atoms. The highest BCUT2D eigenvalue weighted by molar-refractivity contribution is 9.11. The van der Waals surface area contributed by atoms with Crippen LogP contribution in [0.2, 0.25) is 0 Å². The summed E-state index contributed by atoms with van der Waals surface area (Å²) in [4.78, 5) is 0. The Balaban J connectivity index is 2.30. The fraction of sp³-hybridized carbons (Fsp3) is 0.143. The van der Waals surface area contributed by atoms with Gasteiger partial charge in [-0.3, -0.25) is 0 Å². The molecule has 0 aliphatic heterocycles. The highest BCUT2D eigenvalue weighted by Gasteiger charge is 2.09. The van der Waals surface area contributed by atoms with Crippen molar-refractivity contribution >= 4 is 31.9 Å². The first kappa shape index (κ1) is 14.4. The lowest BCUT2D eigenvalue weighted by molar-refractivity contribution is 0.409. The third-order valence-electron chi connectivity index (χ3n) is 2.57. The Kier molecular flexibility index (Phi) is 4.85. The van der Waals surface area contributed by atoms with Crippen LogP contribution in [0.25, 0.3) is 0 Å². The van der Waals surface area contributed by atoms with Crippen molar-refractivity contribution in [1.29, 1.82) is 0 Å². The number of hydrogen-bond acceptors (Lipinski definition) is 3. The zero-order valence-corrected chi connectivity index (χ0v) is 13.5. The van der Waals surface area contributed by atoms with Crippen LogP contribution >= 0.6 is 31.9 Å². The summed E-state index contributed by atoms with van der Waals surface area (Å²) in [6.45, 7) is 0.491. The number of rotatable bonds is 4. The quantitative estimate of drug-likeness (QED) is 0.842. The number of halogens is 2. The predicted molar refractivity (Wildman–Crippen MR) is 82.8 cm³/mol. The van der Waals surface area contributed by atoms with Crippen molar-refractivity contribution in [2.24, 2.45) is 5.73 Å². The molecule has 0 fully saturated rings. The highest BCUT2D eigenvalue weighted by atomic mass is 79.9. The van der Waals surface area contributed by atoms with Crippen molar-refractivity contribution in [3.63, 3.8) is 0 Å². The van der Waals surface area contributed by atoms with Crippen LogP contribution in [0.1, 0.15) is 5.56 Å². The number of ether oxygens (including phenoxy) is 2. The molecular weight excluding hydrogens is 374 g/mol. The maximum absolute atomic E-state index is 5.84. The zero-order valence-electron chi connectivity index (χ0n) is 10.3. The molecule has 0 saturated carbocycles. The molecule has 2 N–H and O–H groups in total. The first-order chi connectivity index (χ1) is 9.13. The number of methoxy groups -OCH3 is 1. The van der Waals surface area contributed by atoms with Gasteiger partial charge in [0.1, 0.15) is 17.2 Å². The van der Waals surface area contributed by atoms with Gasteiger partial charge in [-0.2, -0.15) is 0 Å². The van der Waals surface area contributed by atoms with E-state index in [-0.39, 0.29) is 0 Å². The minimum Gasteiger partial charge on any atom is -0.496 e. The molecule has 0 aliphatic carbocycles. The van der Waals surface area contributed by atoms with Crippen LogP contribution in [0.4, 0.5) is 0 Å². The normalized spacial score (nSPS) is 10.3. The second kappa shape index (κ2) is 6.41. The van der Waals surface area contributed by atoms with Gasteiger partial charge < -0.3 is 15.2 Å². The van der Waals surface area contributed by atoms with Gasteiger partial charge in [0.2, 0.25) is 0 Å². The van der Waals surface area contributed by atoms with E-state index in [1.165, 1.54) is 0 Å². The van der Waals surface area contributed by atoms with E-state index in [2.05, 4.69) is 31.9 Å². The first-order valence-corrected chi connectivity index (χ1v) is 7.22. The summed E-state index contributed by atoms with van der Waals surface area (Å²) in [5.41, 5.74) is 6.64. The van der Waals surface area contributed by atoms with Gasteiger partial charge in [0.25, 0.3) is 0 Å². The lowest BCUT2D eigenvalue weighted by Gasteiger charge is -2.11. The maximum atomic E-state index is 5.84. The van der Waals surface area contributed by atoms with E-state index in [0.29, 0.717) is 12.3 Å². The van der Waals surface area contributed by atoms with Gasteiger partial charge in [0.15, 0.2) is 0 Å². The SMILES string of the molecule is COc1cc(Br)c(Oc2cccc(CN)c2)cc1Br. The van der Waals surface area contributed by atoms with Crippen LogP contribution < -0.4 is 15.2 Å². The molecule has 3 nitrogen and oxygen atoms in total. The molecular formula is C14H13Br2NO2. The fourth-order valence-corrected chi connectivity index (χ4v) is 2.50. The molecule has 2 rings (SSSR count). The van der Waals surface area contributed by atoms with E-state index >= 15 is 0 Å². The Morgan fingerprint density at radius 1 is 1.05 bits per heavy atom. The molecule has 0 amide bonds. The standard InChI is InChI=1S/C14H13Br2NO2/c1-18-13-6-12(16)14(7-11(13)15)19-10-4-2-3-9(5-10)8-17/h2-7H,8,17H2,1H3. The first-order valence-electron chi connectivity index (χ1n) is 5.64. The minimum absolute atomic E-state index is 0.491. The molecule has 0 aromatic heterocycles. The average Bonchev–Trinajstić information content (AvgIpc) is 2.42. The van der Waals surface area contributed by atoms with Crippen molar-refractivity contribution < 1.29 is 9.47 Å². The van der Waals surface area contributed by atoms with E-state index in [0.717, 1.165) is 26.0 Å². The van der Waals surface area contributed by atoms with E-state index < -0.39 is 0 Å². The van der Waals surface area contributed by atoms with E-state index in [4.69, 9.17) is 15.2 Å². The van der Waals surface area contributed by atoms with Gasteiger partial charge >= 0.3 is 0 Å². The molecule has 0 spiro atoms. The van der Waals surface area contributed by atoms with Crippen molar-refractivity contribution in [3.8, 4) is 17.2 Å². The summed E-state index contributed by atoms with van der Waals surface area (Å²) in [6.07, 6.45) is 0. The molecule has 0 atom stereocenters. The molecule has 0 unspecified atom stereocenters.